The largest absolute Gasteiger partial charge is 0.462 e. The SMILES string of the molecule is CC(C)COC(=O)c1ccc(NC(=O)c2cc(-c3ccccn3)nc3ccccc23)cc1. The monoisotopic (exact) mass is 425 g/mol. The summed E-state index contributed by atoms with van der Waals surface area (Å²) in [5, 5.41) is 3.65. The van der Waals surface area contributed by atoms with E-state index in [1.54, 1.807) is 36.5 Å². The van der Waals surface area contributed by atoms with E-state index in [4.69, 9.17) is 4.74 Å². The minimum absolute atomic E-state index is 0.267. The summed E-state index contributed by atoms with van der Waals surface area (Å²) in [6.07, 6.45) is 1.69. The van der Waals surface area contributed by atoms with Crippen molar-refractivity contribution >= 4 is 28.5 Å². The van der Waals surface area contributed by atoms with Gasteiger partial charge in [-0.3, -0.25) is 9.78 Å². The lowest BCUT2D eigenvalue weighted by Gasteiger charge is -2.11. The molecule has 0 saturated carbocycles. The Morgan fingerprint density at radius 2 is 1.69 bits per heavy atom. The number of nitrogens with one attached hydrogen (secondary N) is 1. The van der Waals surface area contributed by atoms with Crippen molar-refractivity contribution in [1.82, 2.24) is 9.97 Å². The normalized spacial score (nSPS) is 10.8. The van der Waals surface area contributed by atoms with Crippen LogP contribution in [0.2, 0.25) is 0 Å². The van der Waals surface area contributed by atoms with Gasteiger partial charge in [0.2, 0.25) is 0 Å². The minimum Gasteiger partial charge on any atom is -0.462 e. The molecule has 160 valence electrons. The third kappa shape index (κ3) is 4.81. The van der Waals surface area contributed by atoms with Gasteiger partial charge in [-0.15, -0.1) is 0 Å². The fourth-order valence-corrected chi connectivity index (χ4v) is 3.22. The van der Waals surface area contributed by atoms with Gasteiger partial charge in [0.05, 0.1) is 34.6 Å². The van der Waals surface area contributed by atoms with Crippen molar-refractivity contribution in [3.05, 3.63) is 90.1 Å². The summed E-state index contributed by atoms with van der Waals surface area (Å²) in [6.45, 7) is 4.33. The van der Waals surface area contributed by atoms with Gasteiger partial charge >= 0.3 is 5.97 Å². The molecule has 0 aliphatic carbocycles. The van der Waals surface area contributed by atoms with Gasteiger partial charge in [-0.1, -0.05) is 38.1 Å². The summed E-state index contributed by atoms with van der Waals surface area (Å²) in [4.78, 5) is 34.3. The predicted molar refractivity (Wildman–Crippen MR) is 124 cm³/mol. The number of benzene rings is 2. The lowest BCUT2D eigenvalue weighted by molar-refractivity contribution is 0.0459. The average Bonchev–Trinajstić information content (AvgIpc) is 2.82. The lowest BCUT2D eigenvalue weighted by Crippen LogP contribution is -2.14. The number of aromatic nitrogens is 2. The van der Waals surface area contributed by atoms with Crippen LogP contribution in [-0.2, 0) is 4.74 Å². The molecule has 2 aromatic heterocycles. The van der Waals surface area contributed by atoms with Crippen LogP contribution in [0.5, 0.6) is 0 Å². The molecule has 0 fully saturated rings. The summed E-state index contributed by atoms with van der Waals surface area (Å²) in [6, 6.07) is 21.5. The summed E-state index contributed by atoms with van der Waals surface area (Å²) in [5.41, 5.74) is 3.54. The maximum Gasteiger partial charge on any atom is 0.338 e. The maximum atomic E-state index is 13.2. The van der Waals surface area contributed by atoms with Crippen LogP contribution in [0.3, 0.4) is 0 Å². The molecule has 0 aliphatic rings. The molecule has 6 nitrogen and oxygen atoms in total. The maximum absolute atomic E-state index is 13.2. The first-order chi connectivity index (χ1) is 15.5. The van der Waals surface area contributed by atoms with Gasteiger partial charge in [-0.25, -0.2) is 9.78 Å². The van der Waals surface area contributed by atoms with Crippen LogP contribution < -0.4 is 5.32 Å². The molecule has 0 radical (unpaired) electrons. The Morgan fingerprint density at radius 1 is 0.938 bits per heavy atom. The number of carbonyl (C=O) groups excluding carboxylic acids is 2. The van der Waals surface area contributed by atoms with Crippen molar-refractivity contribution in [2.24, 2.45) is 5.92 Å². The number of hydrogen-bond donors (Lipinski definition) is 1. The highest BCUT2D eigenvalue weighted by Crippen LogP contribution is 2.24. The second-order valence-electron chi connectivity index (χ2n) is 7.81. The molecule has 0 spiro atoms. The fraction of sp³-hybridized carbons (Fsp3) is 0.154. The smallest absolute Gasteiger partial charge is 0.338 e. The Bertz CT molecular complexity index is 1250. The third-order valence-corrected chi connectivity index (χ3v) is 4.81. The quantitative estimate of drug-likeness (QED) is 0.421. The zero-order valence-corrected chi connectivity index (χ0v) is 17.9. The van der Waals surface area contributed by atoms with Crippen LogP contribution in [0, 0.1) is 5.92 Å². The van der Waals surface area contributed by atoms with Gasteiger partial charge in [0, 0.05) is 17.3 Å². The van der Waals surface area contributed by atoms with Crippen molar-refractivity contribution < 1.29 is 14.3 Å². The van der Waals surface area contributed by atoms with Gasteiger partial charge in [0.1, 0.15) is 0 Å². The van der Waals surface area contributed by atoms with Crippen LogP contribution in [0.1, 0.15) is 34.6 Å². The van der Waals surface area contributed by atoms with Crippen LogP contribution in [0.25, 0.3) is 22.3 Å². The number of amides is 1. The van der Waals surface area contributed by atoms with E-state index in [9.17, 15) is 9.59 Å². The summed E-state index contributed by atoms with van der Waals surface area (Å²) >= 11 is 0. The summed E-state index contributed by atoms with van der Waals surface area (Å²) < 4.78 is 5.24. The molecule has 0 atom stereocenters. The summed E-state index contributed by atoms with van der Waals surface area (Å²) in [7, 11) is 0. The summed E-state index contributed by atoms with van der Waals surface area (Å²) in [5.74, 6) is -0.378. The molecule has 32 heavy (non-hydrogen) atoms. The van der Waals surface area contributed by atoms with E-state index >= 15 is 0 Å². The highest BCUT2D eigenvalue weighted by molar-refractivity contribution is 6.13. The minimum atomic E-state index is -0.378. The number of ether oxygens (including phenoxy) is 1. The number of nitrogens with zero attached hydrogens (tertiary/aromatic N) is 2. The predicted octanol–water partition coefficient (Wildman–Crippen LogP) is 5.36. The van der Waals surface area contributed by atoms with Crippen LogP contribution >= 0.6 is 0 Å². The van der Waals surface area contributed by atoms with E-state index in [0.29, 0.717) is 40.3 Å². The second kappa shape index (κ2) is 9.39. The van der Waals surface area contributed by atoms with Crippen molar-refractivity contribution in [2.75, 3.05) is 11.9 Å². The first kappa shape index (κ1) is 21.2. The molecule has 6 heteroatoms. The van der Waals surface area contributed by atoms with E-state index in [1.807, 2.05) is 56.3 Å². The number of rotatable bonds is 6. The molecule has 2 heterocycles. The first-order valence-electron chi connectivity index (χ1n) is 10.4. The molecular formula is C26H23N3O3. The molecule has 0 aliphatic heterocycles. The highest BCUT2D eigenvalue weighted by atomic mass is 16.5. The van der Waals surface area contributed by atoms with Crippen molar-refractivity contribution in [3.63, 3.8) is 0 Å². The molecule has 1 amide bonds. The lowest BCUT2D eigenvalue weighted by atomic mass is 10.1. The first-order valence-corrected chi connectivity index (χ1v) is 10.4. The fourth-order valence-electron chi connectivity index (χ4n) is 3.22. The van der Waals surface area contributed by atoms with Crippen molar-refractivity contribution in [1.29, 1.82) is 0 Å². The van der Waals surface area contributed by atoms with E-state index in [1.165, 1.54) is 0 Å². The Hall–Kier alpha value is -4.06. The molecular weight excluding hydrogens is 402 g/mol. The second-order valence-corrected chi connectivity index (χ2v) is 7.81. The van der Waals surface area contributed by atoms with E-state index in [2.05, 4.69) is 15.3 Å². The third-order valence-electron chi connectivity index (χ3n) is 4.81. The number of anilines is 1. The Kier molecular flexibility index (Phi) is 6.22. The van der Waals surface area contributed by atoms with Crippen LogP contribution in [0.15, 0.2) is 79.0 Å². The van der Waals surface area contributed by atoms with Crippen molar-refractivity contribution in [3.8, 4) is 11.4 Å². The van der Waals surface area contributed by atoms with Gasteiger partial charge in [-0.2, -0.15) is 0 Å². The molecule has 1 N–H and O–H groups in total. The van der Waals surface area contributed by atoms with E-state index in [-0.39, 0.29) is 17.8 Å². The van der Waals surface area contributed by atoms with Gasteiger partial charge < -0.3 is 10.1 Å². The van der Waals surface area contributed by atoms with E-state index < -0.39 is 0 Å². The molecule has 4 aromatic rings. The number of esters is 1. The number of carbonyl (C=O) groups is 2. The Labute approximate surface area is 186 Å². The zero-order valence-electron chi connectivity index (χ0n) is 17.9. The highest BCUT2D eigenvalue weighted by Gasteiger charge is 2.15. The Balaban J connectivity index is 1.59. The molecule has 0 bridgehead atoms. The molecule has 4 rings (SSSR count). The van der Waals surface area contributed by atoms with Crippen LogP contribution in [0.4, 0.5) is 5.69 Å². The zero-order chi connectivity index (χ0) is 22.5. The van der Waals surface area contributed by atoms with Crippen LogP contribution in [-0.4, -0.2) is 28.5 Å². The van der Waals surface area contributed by atoms with Crippen molar-refractivity contribution in [2.45, 2.75) is 13.8 Å². The van der Waals surface area contributed by atoms with Gasteiger partial charge in [0.15, 0.2) is 0 Å². The number of hydrogen-bond acceptors (Lipinski definition) is 5. The molecule has 0 unspecified atom stereocenters. The standard InChI is InChI=1S/C26H23N3O3/c1-17(2)16-32-26(31)18-10-12-19(13-11-18)28-25(30)21-15-24(23-9-5-6-14-27-23)29-22-8-4-3-7-20(21)22/h3-15,17H,16H2,1-2H3,(H,28,30). The molecule has 2 aromatic carbocycles. The van der Waals surface area contributed by atoms with Gasteiger partial charge in [-0.05, 0) is 54.4 Å². The average molecular weight is 425 g/mol. The topological polar surface area (TPSA) is 81.2 Å². The number of fused-ring (bicyclic) bond motifs is 1. The van der Waals surface area contributed by atoms with Gasteiger partial charge in [0.25, 0.3) is 5.91 Å². The number of pyridine rings is 2. The molecule has 0 saturated heterocycles. The Morgan fingerprint density at radius 3 is 2.41 bits per heavy atom. The van der Waals surface area contributed by atoms with E-state index in [0.717, 1.165) is 5.39 Å². The number of para-hydroxylation sites is 1.